The van der Waals surface area contributed by atoms with Crippen molar-refractivity contribution in [1.29, 1.82) is 0 Å². The maximum atomic E-state index is 14.1. The highest BCUT2D eigenvalue weighted by molar-refractivity contribution is 5.87. The Morgan fingerprint density at radius 1 is 1.17 bits per heavy atom. The number of hydrazone groups is 1. The van der Waals surface area contributed by atoms with E-state index < -0.39 is 18.4 Å². The highest BCUT2D eigenvalue weighted by atomic mass is 19.4. The van der Waals surface area contributed by atoms with Crippen LogP contribution in [0.5, 0.6) is 0 Å². The average Bonchev–Trinajstić information content (AvgIpc) is 2.97. The number of halogens is 3. The molecule has 0 saturated heterocycles. The van der Waals surface area contributed by atoms with E-state index in [9.17, 15) is 23.4 Å². The maximum absolute atomic E-state index is 14.1. The molecule has 1 aliphatic carbocycles. The number of aliphatic hydroxyl groups is 2. The lowest BCUT2D eigenvalue weighted by Gasteiger charge is -2.29. The predicted molar refractivity (Wildman–Crippen MR) is 105 cm³/mol. The van der Waals surface area contributed by atoms with Gasteiger partial charge in [-0.3, -0.25) is 5.01 Å². The zero-order valence-electron chi connectivity index (χ0n) is 16.0. The minimum absolute atomic E-state index is 0.0876. The van der Waals surface area contributed by atoms with E-state index in [0.717, 1.165) is 5.57 Å². The molecule has 2 aromatic carbocycles. The highest BCUT2D eigenvalue weighted by Gasteiger charge is 2.61. The van der Waals surface area contributed by atoms with Crippen molar-refractivity contribution in [2.75, 3.05) is 0 Å². The van der Waals surface area contributed by atoms with Gasteiger partial charge in [0.1, 0.15) is 0 Å². The first-order valence-corrected chi connectivity index (χ1v) is 9.37. The Labute approximate surface area is 166 Å². The molecule has 0 aromatic heterocycles. The van der Waals surface area contributed by atoms with Gasteiger partial charge in [0, 0.05) is 36.0 Å². The Bertz CT molecular complexity index is 1030. The molecule has 0 saturated carbocycles. The van der Waals surface area contributed by atoms with E-state index in [-0.39, 0.29) is 22.7 Å². The van der Waals surface area contributed by atoms with Crippen LogP contribution in [0.2, 0.25) is 0 Å². The molecular weight excluding hydrogens is 381 g/mol. The summed E-state index contributed by atoms with van der Waals surface area (Å²) in [4.78, 5) is 0. The SMILES string of the molecule is CC(C)N1C=C(c2cc(CO)c3c(c2)C(O)(C(F)(F)F)c2ccccc2-3)CC=N1. The van der Waals surface area contributed by atoms with E-state index in [1.165, 1.54) is 18.2 Å². The fraction of sp³-hybridized carbons (Fsp3) is 0.318. The second-order valence-corrected chi connectivity index (χ2v) is 7.60. The number of allylic oxidation sites excluding steroid dienone is 1. The van der Waals surface area contributed by atoms with Crippen LogP contribution in [0, 0.1) is 0 Å². The van der Waals surface area contributed by atoms with Crippen molar-refractivity contribution < 1.29 is 23.4 Å². The molecule has 0 bridgehead atoms. The fourth-order valence-corrected chi connectivity index (χ4v) is 4.04. The summed E-state index contributed by atoms with van der Waals surface area (Å²) in [6.45, 7) is 3.48. The molecule has 0 spiro atoms. The first kappa shape index (κ1) is 19.7. The van der Waals surface area contributed by atoms with Gasteiger partial charge >= 0.3 is 6.18 Å². The molecule has 4 nitrogen and oxygen atoms in total. The van der Waals surface area contributed by atoms with Crippen LogP contribution in [0.15, 0.2) is 47.7 Å². The van der Waals surface area contributed by atoms with Gasteiger partial charge < -0.3 is 10.2 Å². The van der Waals surface area contributed by atoms with Crippen molar-refractivity contribution in [1.82, 2.24) is 5.01 Å². The van der Waals surface area contributed by atoms with E-state index in [4.69, 9.17) is 0 Å². The van der Waals surface area contributed by atoms with E-state index in [1.807, 2.05) is 13.8 Å². The lowest BCUT2D eigenvalue weighted by molar-refractivity contribution is -0.246. The Kier molecular flexibility index (Phi) is 4.55. The van der Waals surface area contributed by atoms with E-state index >= 15 is 0 Å². The molecule has 1 heterocycles. The molecule has 4 rings (SSSR count). The number of fused-ring (bicyclic) bond motifs is 3. The van der Waals surface area contributed by atoms with Crippen molar-refractivity contribution in [2.45, 2.75) is 44.7 Å². The zero-order valence-corrected chi connectivity index (χ0v) is 16.0. The summed E-state index contributed by atoms with van der Waals surface area (Å²) in [6, 6.07) is 9.11. The molecule has 2 N–H and O–H groups in total. The van der Waals surface area contributed by atoms with E-state index in [1.54, 1.807) is 35.6 Å². The second kappa shape index (κ2) is 6.71. The number of aliphatic hydroxyl groups excluding tert-OH is 1. The molecule has 1 unspecified atom stereocenters. The average molecular weight is 402 g/mol. The smallest absolute Gasteiger partial charge is 0.392 e. The summed E-state index contributed by atoms with van der Waals surface area (Å²) < 4.78 is 42.4. The Morgan fingerprint density at radius 2 is 1.90 bits per heavy atom. The highest BCUT2D eigenvalue weighted by Crippen LogP contribution is 2.56. The molecular formula is C22H21F3N2O2. The topological polar surface area (TPSA) is 56.1 Å². The molecule has 29 heavy (non-hydrogen) atoms. The van der Waals surface area contributed by atoms with Crippen molar-refractivity contribution in [3.8, 4) is 11.1 Å². The monoisotopic (exact) mass is 402 g/mol. The molecule has 0 amide bonds. The lowest BCUT2D eigenvalue weighted by Crippen LogP contribution is -2.41. The Balaban J connectivity index is 1.97. The molecule has 0 fully saturated rings. The third-order valence-corrected chi connectivity index (χ3v) is 5.49. The molecule has 2 aliphatic rings. The van der Waals surface area contributed by atoms with Crippen molar-refractivity contribution in [3.05, 3.63) is 64.9 Å². The number of rotatable bonds is 3. The minimum Gasteiger partial charge on any atom is -0.392 e. The van der Waals surface area contributed by atoms with Gasteiger partial charge in [-0.25, -0.2) is 0 Å². The first-order valence-electron chi connectivity index (χ1n) is 9.37. The van der Waals surface area contributed by atoms with Gasteiger partial charge in [-0.05, 0) is 53.8 Å². The summed E-state index contributed by atoms with van der Waals surface area (Å²) in [7, 11) is 0. The van der Waals surface area contributed by atoms with Crippen LogP contribution in [0.4, 0.5) is 13.2 Å². The predicted octanol–water partition coefficient (Wildman–Crippen LogP) is 4.40. The number of nitrogens with zero attached hydrogens (tertiary/aromatic N) is 2. The van der Waals surface area contributed by atoms with E-state index in [0.29, 0.717) is 23.1 Å². The summed E-state index contributed by atoms with van der Waals surface area (Å²) in [5.74, 6) is 0. The summed E-state index contributed by atoms with van der Waals surface area (Å²) in [6.07, 6.45) is -0.968. The minimum atomic E-state index is -4.91. The van der Waals surface area contributed by atoms with Crippen LogP contribution in [0.3, 0.4) is 0 Å². The number of benzene rings is 2. The van der Waals surface area contributed by atoms with Crippen LogP contribution < -0.4 is 0 Å². The molecule has 1 atom stereocenters. The van der Waals surface area contributed by atoms with Crippen LogP contribution in [0.25, 0.3) is 16.7 Å². The normalized spacial score (nSPS) is 20.7. The zero-order chi connectivity index (χ0) is 21.0. The van der Waals surface area contributed by atoms with Crippen molar-refractivity contribution in [3.63, 3.8) is 0 Å². The van der Waals surface area contributed by atoms with Gasteiger partial charge in [-0.2, -0.15) is 18.3 Å². The van der Waals surface area contributed by atoms with Gasteiger partial charge in [0.15, 0.2) is 0 Å². The molecule has 0 radical (unpaired) electrons. The van der Waals surface area contributed by atoms with E-state index in [2.05, 4.69) is 5.10 Å². The first-order chi connectivity index (χ1) is 13.7. The molecule has 7 heteroatoms. The second-order valence-electron chi connectivity index (χ2n) is 7.60. The van der Waals surface area contributed by atoms with Gasteiger partial charge in [0.25, 0.3) is 0 Å². The van der Waals surface area contributed by atoms with Crippen molar-refractivity contribution >= 4 is 11.8 Å². The summed E-state index contributed by atoms with van der Waals surface area (Å²) >= 11 is 0. The third kappa shape index (κ3) is 2.88. The van der Waals surface area contributed by atoms with Crippen LogP contribution in [0.1, 0.15) is 42.5 Å². The number of hydrogen-bond acceptors (Lipinski definition) is 4. The number of hydrogen-bond donors (Lipinski definition) is 2. The van der Waals surface area contributed by atoms with Gasteiger partial charge in [0.05, 0.1) is 6.61 Å². The Morgan fingerprint density at radius 3 is 2.55 bits per heavy atom. The van der Waals surface area contributed by atoms with Gasteiger partial charge in [-0.1, -0.05) is 24.3 Å². The van der Waals surface area contributed by atoms with Crippen LogP contribution >= 0.6 is 0 Å². The molecule has 2 aromatic rings. The van der Waals surface area contributed by atoms with Gasteiger partial charge in [0.2, 0.25) is 5.60 Å². The molecule has 1 aliphatic heterocycles. The fourth-order valence-electron chi connectivity index (χ4n) is 4.04. The Hall–Kier alpha value is -2.64. The quantitative estimate of drug-likeness (QED) is 0.800. The van der Waals surface area contributed by atoms with Crippen molar-refractivity contribution in [2.24, 2.45) is 5.10 Å². The number of alkyl halides is 3. The largest absolute Gasteiger partial charge is 0.425 e. The molecule has 152 valence electrons. The van der Waals surface area contributed by atoms with Gasteiger partial charge in [-0.15, -0.1) is 0 Å². The standard InChI is InChI=1S/C22H21F3N2O2/c1-13(2)27-11-14(7-8-26-27)15-9-16(12-28)20-17-5-3-4-6-18(17)21(29,19(20)10-15)22(23,24)25/h3-6,8-11,13,28-29H,7,12H2,1-2H3. The van der Waals surface area contributed by atoms with Crippen LogP contribution in [-0.2, 0) is 12.2 Å². The maximum Gasteiger partial charge on any atom is 0.425 e. The summed E-state index contributed by atoms with van der Waals surface area (Å²) in [5.41, 5.74) is -1.39. The summed E-state index contributed by atoms with van der Waals surface area (Å²) in [5, 5.41) is 26.9. The third-order valence-electron chi connectivity index (χ3n) is 5.49. The van der Waals surface area contributed by atoms with Crippen LogP contribution in [-0.4, -0.2) is 33.7 Å². The lowest BCUT2D eigenvalue weighted by atomic mass is 9.87.